The molecule has 1 aromatic carbocycles. The number of nitrogens with zero attached hydrogens (tertiary/aromatic N) is 1. The fourth-order valence-corrected chi connectivity index (χ4v) is 3.05. The van der Waals surface area contributed by atoms with Gasteiger partial charge in [-0.2, -0.15) is 0 Å². The summed E-state index contributed by atoms with van der Waals surface area (Å²) in [5.41, 5.74) is 2.04. The summed E-state index contributed by atoms with van der Waals surface area (Å²) >= 11 is 1.65. The van der Waals surface area contributed by atoms with Gasteiger partial charge in [0.2, 0.25) is 5.91 Å². The standard InChI is InChI=1S/C16H19FN2OS/c1-11-15(21-12(2)19-11)7-8-16(20)18-10-9-13-3-5-14(17)6-4-13/h3-6H,7-10H2,1-2H3,(H,18,20). The lowest BCUT2D eigenvalue weighted by Gasteiger charge is -2.05. The van der Waals surface area contributed by atoms with Gasteiger partial charge in [-0.15, -0.1) is 11.3 Å². The molecular weight excluding hydrogens is 287 g/mol. The predicted molar refractivity (Wildman–Crippen MR) is 83.0 cm³/mol. The van der Waals surface area contributed by atoms with Gasteiger partial charge in [0, 0.05) is 17.8 Å². The van der Waals surface area contributed by atoms with Crippen molar-refractivity contribution in [3.8, 4) is 0 Å². The molecule has 0 aliphatic rings. The summed E-state index contributed by atoms with van der Waals surface area (Å²) in [4.78, 5) is 17.3. The third-order valence-corrected chi connectivity index (χ3v) is 4.36. The third kappa shape index (κ3) is 4.93. The van der Waals surface area contributed by atoms with Crippen LogP contribution in [-0.2, 0) is 17.6 Å². The van der Waals surface area contributed by atoms with Crippen LogP contribution >= 0.6 is 11.3 Å². The Morgan fingerprint density at radius 2 is 1.95 bits per heavy atom. The number of thiazole rings is 1. The first kappa shape index (κ1) is 15.6. The van der Waals surface area contributed by atoms with Crippen LogP contribution < -0.4 is 5.32 Å². The normalized spacial score (nSPS) is 10.6. The molecule has 0 bridgehead atoms. The molecule has 1 aromatic heterocycles. The average molecular weight is 306 g/mol. The van der Waals surface area contributed by atoms with E-state index in [2.05, 4.69) is 10.3 Å². The van der Waals surface area contributed by atoms with Crippen LogP contribution in [0.4, 0.5) is 4.39 Å². The first-order valence-electron chi connectivity index (χ1n) is 6.98. The van der Waals surface area contributed by atoms with E-state index in [1.165, 1.54) is 17.0 Å². The number of amides is 1. The van der Waals surface area contributed by atoms with E-state index < -0.39 is 0 Å². The second kappa shape index (κ2) is 7.31. The van der Waals surface area contributed by atoms with Gasteiger partial charge >= 0.3 is 0 Å². The summed E-state index contributed by atoms with van der Waals surface area (Å²) in [6, 6.07) is 6.36. The van der Waals surface area contributed by atoms with Crippen molar-refractivity contribution in [1.29, 1.82) is 0 Å². The summed E-state index contributed by atoms with van der Waals surface area (Å²) in [6.07, 6.45) is 1.93. The molecule has 0 spiro atoms. The average Bonchev–Trinajstić information content (AvgIpc) is 2.77. The van der Waals surface area contributed by atoms with Gasteiger partial charge in [-0.3, -0.25) is 4.79 Å². The van der Waals surface area contributed by atoms with Gasteiger partial charge in [0.1, 0.15) is 5.82 Å². The molecule has 1 heterocycles. The molecule has 0 aliphatic carbocycles. The molecule has 0 aliphatic heterocycles. The minimum atomic E-state index is -0.238. The summed E-state index contributed by atoms with van der Waals surface area (Å²) in [5.74, 6) is -0.194. The largest absolute Gasteiger partial charge is 0.356 e. The number of hydrogen-bond donors (Lipinski definition) is 1. The summed E-state index contributed by atoms with van der Waals surface area (Å²) in [5, 5.41) is 3.93. The van der Waals surface area contributed by atoms with Crippen LogP contribution in [0.25, 0.3) is 0 Å². The van der Waals surface area contributed by atoms with Crippen LogP contribution in [0.15, 0.2) is 24.3 Å². The quantitative estimate of drug-likeness (QED) is 0.890. The zero-order valence-corrected chi connectivity index (χ0v) is 13.1. The highest BCUT2D eigenvalue weighted by Gasteiger charge is 2.07. The van der Waals surface area contributed by atoms with Gasteiger partial charge in [-0.1, -0.05) is 12.1 Å². The zero-order valence-electron chi connectivity index (χ0n) is 12.3. The van der Waals surface area contributed by atoms with Gasteiger partial charge in [0.25, 0.3) is 0 Å². The summed E-state index contributed by atoms with van der Waals surface area (Å²) in [7, 11) is 0. The number of carbonyl (C=O) groups excluding carboxylic acids is 1. The predicted octanol–water partition coefficient (Wildman–Crippen LogP) is 3.19. The summed E-state index contributed by atoms with van der Waals surface area (Å²) < 4.78 is 12.8. The van der Waals surface area contributed by atoms with Crippen LogP contribution in [0.5, 0.6) is 0 Å². The van der Waals surface area contributed by atoms with Gasteiger partial charge in [-0.25, -0.2) is 9.37 Å². The van der Waals surface area contributed by atoms with E-state index in [4.69, 9.17) is 0 Å². The highest BCUT2D eigenvalue weighted by atomic mass is 32.1. The number of hydrogen-bond acceptors (Lipinski definition) is 3. The number of aryl methyl sites for hydroxylation is 3. The number of carbonyl (C=O) groups is 1. The minimum Gasteiger partial charge on any atom is -0.356 e. The molecular formula is C16H19FN2OS. The van der Waals surface area contributed by atoms with Crippen molar-refractivity contribution in [2.24, 2.45) is 0 Å². The van der Waals surface area contributed by atoms with Crippen molar-refractivity contribution in [1.82, 2.24) is 10.3 Å². The van der Waals surface area contributed by atoms with E-state index >= 15 is 0 Å². The van der Waals surface area contributed by atoms with Crippen molar-refractivity contribution >= 4 is 17.2 Å². The molecule has 0 saturated heterocycles. The van der Waals surface area contributed by atoms with E-state index in [1.54, 1.807) is 23.5 Å². The Morgan fingerprint density at radius 1 is 1.24 bits per heavy atom. The fourth-order valence-electron chi connectivity index (χ4n) is 2.12. The van der Waals surface area contributed by atoms with E-state index in [1.807, 2.05) is 13.8 Å². The molecule has 112 valence electrons. The fraction of sp³-hybridized carbons (Fsp3) is 0.375. The van der Waals surface area contributed by atoms with E-state index in [0.717, 1.165) is 22.7 Å². The first-order valence-corrected chi connectivity index (χ1v) is 7.80. The molecule has 1 N–H and O–H groups in total. The van der Waals surface area contributed by atoms with Crippen LogP contribution in [0.1, 0.15) is 27.6 Å². The Kier molecular flexibility index (Phi) is 5.44. The van der Waals surface area contributed by atoms with E-state index in [-0.39, 0.29) is 11.7 Å². The molecule has 2 aromatic rings. The maximum atomic E-state index is 12.8. The maximum absolute atomic E-state index is 12.8. The lowest BCUT2D eigenvalue weighted by Crippen LogP contribution is -2.25. The summed E-state index contributed by atoms with van der Waals surface area (Å²) in [6.45, 7) is 4.53. The zero-order chi connectivity index (χ0) is 15.2. The van der Waals surface area contributed by atoms with Gasteiger partial charge < -0.3 is 5.32 Å². The van der Waals surface area contributed by atoms with E-state index in [0.29, 0.717) is 19.4 Å². The highest BCUT2D eigenvalue weighted by molar-refractivity contribution is 7.11. The molecule has 3 nitrogen and oxygen atoms in total. The Bertz CT molecular complexity index is 607. The molecule has 0 unspecified atom stereocenters. The minimum absolute atomic E-state index is 0.0440. The van der Waals surface area contributed by atoms with Gasteiger partial charge in [-0.05, 0) is 44.4 Å². The molecule has 0 fully saturated rings. The second-order valence-electron chi connectivity index (χ2n) is 4.97. The maximum Gasteiger partial charge on any atom is 0.220 e. The van der Waals surface area contributed by atoms with Crippen LogP contribution in [0.3, 0.4) is 0 Å². The van der Waals surface area contributed by atoms with Crippen molar-refractivity contribution < 1.29 is 9.18 Å². The molecule has 2 rings (SSSR count). The number of nitrogens with one attached hydrogen (secondary N) is 1. The molecule has 21 heavy (non-hydrogen) atoms. The first-order chi connectivity index (χ1) is 10.0. The Hall–Kier alpha value is -1.75. The number of rotatable bonds is 6. The Morgan fingerprint density at radius 3 is 2.57 bits per heavy atom. The lowest BCUT2D eigenvalue weighted by atomic mass is 10.1. The smallest absolute Gasteiger partial charge is 0.220 e. The topological polar surface area (TPSA) is 42.0 Å². The monoisotopic (exact) mass is 306 g/mol. The molecule has 0 radical (unpaired) electrons. The van der Waals surface area contributed by atoms with Crippen molar-refractivity contribution in [2.75, 3.05) is 6.54 Å². The van der Waals surface area contributed by atoms with Gasteiger partial charge in [0.15, 0.2) is 0 Å². The number of benzene rings is 1. The van der Waals surface area contributed by atoms with Crippen LogP contribution in [-0.4, -0.2) is 17.4 Å². The Labute approximate surface area is 128 Å². The third-order valence-electron chi connectivity index (χ3n) is 3.23. The van der Waals surface area contributed by atoms with Gasteiger partial charge in [0.05, 0.1) is 10.7 Å². The van der Waals surface area contributed by atoms with Crippen molar-refractivity contribution in [3.63, 3.8) is 0 Å². The lowest BCUT2D eigenvalue weighted by molar-refractivity contribution is -0.121. The molecule has 5 heteroatoms. The highest BCUT2D eigenvalue weighted by Crippen LogP contribution is 2.18. The SMILES string of the molecule is Cc1nc(C)c(CCC(=O)NCCc2ccc(F)cc2)s1. The van der Waals surface area contributed by atoms with Crippen molar-refractivity contribution in [2.45, 2.75) is 33.1 Å². The second-order valence-corrected chi connectivity index (χ2v) is 6.26. The van der Waals surface area contributed by atoms with Crippen LogP contribution in [0, 0.1) is 19.7 Å². The number of halogens is 1. The number of aromatic nitrogens is 1. The van der Waals surface area contributed by atoms with E-state index in [9.17, 15) is 9.18 Å². The van der Waals surface area contributed by atoms with Crippen molar-refractivity contribution in [3.05, 3.63) is 51.2 Å². The Balaban J connectivity index is 1.70. The molecule has 0 saturated carbocycles. The molecule has 0 atom stereocenters. The molecule has 1 amide bonds. The van der Waals surface area contributed by atoms with Crippen LogP contribution in [0.2, 0.25) is 0 Å².